The molecule has 1 saturated heterocycles. The van der Waals surface area contributed by atoms with Gasteiger partial charge in [0.15, 0.2) is 0 Å². The van der Waals surface area contributed by atoms with Crippen molar-refractivity contribution in [2.75, 3.05) is 19.6 Å². The summed E-state index contributed by atoms with van der Waals surface area (Å²) < 4.78 is 0. The fraction of sp³-hybridized carbons (Fsp3) is 0.476. The van der Waals surface area contributed by atoms with Gasteiger partial charge < -0.3 is 10.2 Å². The quantitative estimate of drug-likeness (QED) is 0.913. The van der Waals surface area contributed by atoms with Crippen molar-refractivity contribution in [3.63, 3.8) is 0 Å². The van der Waals surface area contributed by atoms with Gasteiger partial charge in [-0.05, 0) is 48.1 Å². The lowest BCUT2D eigenvalue weighted by molar-refractivity contribution is -0.134. The molecule has 3 unspecified atom stereocenters. The minimum Gasteiger partial charge on any atom is -0.338 e. The van der Waals surface area contributed by atoms with Crippen LogP contribution < -0.4 is 5.32 Å². The zero-order valence-electron chi connectivity index (χ0n) is 14.4. The number of nitrogens with zero attached hydrogens (tertiary/aromatic N) is 1. The highest BCUT2D eigenvalue weighted by Crippen LogP contribution is 2.50. The molecule has 1 heterocycles. The van der Waals surface area contributed by atoms with Crippen LogP contribution in [0.15, 0.2) is 42.5 Å². The Hall–Kier alpha value is -1.87. The van der Waals surface area contributed by atoms with Gasteiger partial charge >= 0.3 is 0 Å². The van der Waals surface area contributed by atoms with Gasteiger partial charge in [-0.3, -0.25) is 4.79 Å². The first-order valence-electron chi connectivity index (χ1n) is 9.28. The van der Waals surface area contributed by atoms with Crippen LogP contribution in [0.25, 0.3) is 10.8 Å². The van der Waals surface area contributed by atoms with Crippen LogP contribution in [-0.4, -0.2) is 36.5 Å². The van der Waals surface area contributed by atoms with Crippen molar-refractivity contribution < 1.29 is 4.79 Å². The van der Waals surface area contributed by atoms with Gasteiger partial charge in [0.05, 0.1) is 0 Å². The number of amides is 1. The number of rotatable bonds is 5. The van der Waals surface area contributed by atoms with Crippen LogP contribution in [0, 0.1) is 5.92 Å². The maximum absolute atomic E-state index is 13.1. The van der Waals surface area contributed by atoms with Crippen LogP contribution >= 0.6 is 0 Å². The minimum absolute atomic E-state index is 0.183. The molecule has 0 spiro atoms. The number of benzene rings is 2. The van der Waals surface area contributed by atoms with Crippen molar-refractivity contribution >= 4 is 16.7 Å². The maximum atomic E-state index is 13.1. The summed E-state index contributed by atoms with van der Waals surface area (Å²) in [5.74, 6) is 0.962. The van der Waals surface area contributed by atoms with Gasteiger partial charge in [-0.1, -0.05) is 49.4 Å². The van der Waals surface area contributed by atoms with Gasteiger partial charge in [-0.2, -0.15) is 0 Å². The number of fused-ring (bicyclic) bond motifs is 1. The van der Waals surface area contributed by atoms with Crippen LogP contribution in [0.3, 0.4) is 0 Å². The normalized spacial score (nSPS) is 25.8. The minimum atomic E-state index is 0.183. The van der Waals surface area contributed by atoms with Gasteiger partial charge in [-0.15, -0.1) is 0 Å². The topological polar surface area (TPSA) is 32.3 Å². The molecule has 2 aliphatic rings. The van der Waals surface area contributed by atoms with Gasteiger partial charge in [0.25, 0.3) is 0 Å². The van der Waals surface area contributed by atoms with Crippen LogP contribution in [-0.2, 0) is 4.79 Å². The number of carbonyl (C=O) groups excluding carboxylic acids is 1. The summed E-state index contributed by atoms with van der Waals surface area (Å²) in [5, 5.41) is 5.99. The van der Waals surface area contributed by atoms with Crippen molar-refractivity contribution in [2.45, 2.75) is 38.1 Å². The second-order valence-corrected chi connectivity index (χ2v) is 7.20. The van der Waals surface area contributed by atoms with Crippen LogP contribution in [0.4, 0.5) is 0 Å². The van der Waals surface area contributed by atoms with Gasteiger partial charge in [0.1, 0.15) is 0 Å². The van der Waals surface area contributed by atoms with E-state index < -0.39 is 0 Å². The molecule has 3 atom stereocenters. The Kier molecular flexibility index (Phi) is 4.28. The first-order valence-corrected chi connectivity index (χ1v) is 9.28. The SMILES string of the molecule is CCCN(C(=O)C1CC1c1cccc2ccccc12)C1CCNC1. The lowest BCUT2D eigenvalue weighted by atomic mass is 10.00. The highest BCUT2D eigenvalue weighted by Gasteiger charge is 2.47. The van der Waals surface area contributed by atoms with E-state index in [0.717, 1.165) is 38.9 Å². The zero-order chi connectivity index (χ0) is 16.5. The number of hydrogen-bond donors (Lipinski definition) is 1. The van der Waals surface area contributed by atoms with Crippen LogP contribution in [0.5, 0.6) is 0 Å². The Bertz CT molecular complexity index is 730. The Morgan fingerprint density at radius 1 is 1.21 bits per heavy atom. The van der Waals surface area contributed by atoms with Crippen molar-refractivity contribution in [1.29, 1.82) is 0 Å². The third kappa shape index (κ3) is 2.82. The van der Waals surface area contributed by atoms with E-state index in [-0.39, 0.29) is 5.92 Å². The highest BCUT2D eigenvalue weighted by atomic mass is 16.2. The third-order valence-electron chi connectivity index (χ3n) is 5.55. The average Bonchev–Trinajstić information content (AvgIpc) is 3.23. The number of hydrogen-bond acceptors (Lipinski definition) is 2. The molecule has 24 heavy (non-hydrogen) atoms. The number of nitrogens with one attached hydrogen (secondary N) is 1. The van der Waals surface area contributed by atoms with Crippen LogP contribution in [0.2, 0.25) is 0 Å². The molecule has 1 amide bonds. The Labute approximate surface area is 144 Å². The monoisotopic (exact) mass is 322 g/mol. The molecule has 2 aromatic carbocycles. The summed E-state index contributed by atoms with van der Waals surface area (Å²) in [4.78, 5) is 15.3. The fourth-order valence-electron chi connectivity index (χ4n) is 4.22. The maximum Gasteiger partial charge on any atom is 0.226 e. The Balaban J connectivity index is 1.55. The zero-order valence-corrected chi connectivity index (χ0v) is 14.4. The first kappa shape index (κ1) is 15.6. The summed E-state index contributed by atoms with van der Waals surface area (Å²) in [5.41, 5.74) is 1.35. The Morgan fingerprint density at radius 3 is 2.83 bits per heavy atom. The summed E-state index contributed by atoms with van der Waals surface area (Å²) >= 11 is 0. The van der Waals surface area contributed by atoms with Crippen LogP contribution in [0.1, 0.15) is 37.7 Å². The molecule has 3 heteroatoms. The van der Waals surface area contributed by atoms with E-state index in [0.29, 0.717) is 17.9 Å². The largest absolute Gasteiger partial charge is 0.338 e. The van der Waals surface area contributed by atoms with Crippen molar-refractivity contribution in [3.05, 3.63) is 48.0 Å². The van der Waals surface area contributed by atoms with Crippen molar-refractivity contribution in [1.82, 2.24) is 10.2 Å². The highest BCUT2D eigenvalue weighted by molar-refractivity contribution is 5.89. The van der Waals surface area contributed by atoms with Crippen molar-refractivity contribution in [3.8, 4) is 0 Å². The molecule has 1 saturated carbocycles. The second kappa shape index (κ2) is 6.56. The fourth-order valence-corrected chi connectivity index (χ4v) is 4.22. The summed E-state index contributed by atoms with van der Waals surface area (Å²) in [6.07, 6.45) is 3.14. The van der Waals surface area contributed by atoms with E-state index in [2.05, 4.69) is 59.6 Å². The molecule has 3 nitrogen and oxygen atoms in total. The molecule has 4 rings (SSSR count). The van der Waals surface area contributed by atoms with E-state index in [1.165, 1.54) is 16.3 Å². The Morgan fingerprint density at radius 2 is 2.04 bits per heavy atom. The summed E-state index contributed by atoms with van der Waals surface area (Å²) in [7, 11) is 0. The van der Waals surface area contributed by atoms with E-state index in [4.69, 9.17) is 0 Å². The number of carbonyl (C=O) groups is 1. The molecule has 1 aliphatic heterocycles. The van der Waals surface area contributed by atoms with Crippen molar-refractivity contribution in [2.24, 2.45) is 5.92 Å². The van der Waals surface area contributed by atoms with Gasteiger partial charge in [0, 0.05) is 25.0 Å². The van der Waals surface area contributed by atoms with Gasteiger partial charge in [-0.25, -0.2) is 0 Å². The van der Waals surface area contributed by atoms with E-state index in [1.54, 1.807) is 0 Å². The average molecular weight is 322 g/mol. The lowest BCUT2D eigenvalue weighted by Gasteiger charge is -2.28. The molecular formula is C21H26N2O. The second-order valence-electron chi connectivity index (χ2n) is 7.20. The smallest absolute Gasteiger partial charge is 0.226 e. The first-order chi connectivity index (χ1) is 11.8. The molecule has 2 aromatic rings. The molecule has 126 valence electrons. The molecule has 2 fully saturated rings. The molecule has 0 aromatic heterocycles. The standard InChI is InChI=1S/C21H26N2O/c1-2-12-23(16-10-11-22-14-16)21(24)20-13-19(20)18-9-5-7-15-6-3-4-8-17(15)18/h3-9,16,19-20,22H,2,10-14H2,1H3. The molecule has 0 bridgehead atoms. The van der Waals surface area contributed by atoms with E-state index >= 15 is 0 Å². The third-order valence-corrected chi connectivity index (χ3v) is 5.55. The molecular weight excluding hydrogens is 296 g/mol. The molecule has 1 N–H and O–H groups in total. The molecule has 1 aliphatic carbocycles. The van der Waals surface area contributed by atoms with E-state index in [9.17, 15) is 4.79 Å². The summed E-state index contributed by atoms with van der Waals surface area (Å²) in [6.45, 7) is 5.05. The lowest BCUT2D eigenvalue weighted by Crippen LogP contribution is -2.43. The molecule has 0 radical (unpaired) electrons. The summed E-state index contributed by atoms with van der Waals surface area (Å²) in [6, 6.07) is 15.4. The van der Waals surface area contributed by atoms with E-state index in [1.807, 2.05) is 0 Å². The van der Waals surface area contributed by atoms with Gasteiger partial charge in [0.2, 0.25) is 5.91 Å². The predicted octanol–water partition coefficient (Wildman–Crippen LogP) is 3.54. The predicted molar refractivity (Wildman–Crippen MR) is 98.1 cm³/mol.